The molecule has 6 aliphatic rings. The summed E-state index contributed by atoms with van der Waals surface area (Å²) in [6.45, 7) is 7.84. The third-order valence-electron chi connectivity index (χ3n) is 26.5. The zero-order valence-corrected chi connectivity index (χ0v) is 80.0. The van der Waals surface area contributed by atoms with Gasteiger partial charge in [0.05, 0.1) is 101 Å². The lowest BCUT2D eigenvalue weighted by Crippen LogP contribution is -2.44. The fourth-order valence-electron chi connectivity index (χ4n) is 18.7. The van der Waals surface area contributed by atoms with E-state index >= 15 is 8.78 Å². The molecule has 8 aromatic rings. The average molecular weight is 1990 g/mol. The van der Waals surface area contributed by atoms with Gasteiger partial charge in [0.1, 0.15) is 24.8 Å². The molecule has 140 heavy (non-hydrogen) atoms. The number of nitrogens with zero attached hydrogens (tertiary/aromatic N) is 4. The van der Waals surface area contributed by atoms with Gasteiger partial charge in [0, 0.05) is 155 Å². The van der Waals surface area contributed by atoms with E-state index in [2.05, 4.69) is 69.1 Å². The van der Waals surface area contributed by atoms with Gasteiger partial charge in [-0.05, 0) is 135 Å². The van der Waals surface area contributed by atoms with Crippen LogP contribution in [0.25, 0.3) is 44.6 Å². The molecule has 12 N–H and O–H groups in total. The molecule has 39 heteroatoms. The minimum absolute atomic E-state index is 0.000481. The Morgan fingerprint density at radius 2 is 0.829 bits per heavy atom. The number of nitrogens with one attached hydrogen (secondary N) is 10. The minimum Gasteiger partial charge on any atom is -0.458 e. The second-order valence-electron chi connectivity index (χ2n) is 35.7. The molecule has 0 fully saturated rings. The Bertz CT molecular complexity index is 6050. The van der Waals surface area contributed by atoms with E-state index in [1.807, 2.05) is 12.1 Å². The highest BCUT2D eigenvalue weighted by molar-refractivity contribution is 9.09. The molecule has 4 aliphatic heterocycles. The monoisotopic (exact) mass is 1990 g/mol. The number of cyclic esters (lactones) is 2. The summed E-state index contributed by atoms with van der Waals surface area (Å²) in [5.74, 6) is -8.03. The van der Waals surface area contributed by atoms with Crippen LogP contribution in [0.5, 0.6) is 0 Å². The number of ether oxygens (including phenoxy) is 2. The van der Waals surface area contributed by atoms with E-state index in [0.717, 1.165) is 33.4 Å². The van der Waals surface area contributed by atoms with Gasteiger partial charge in [-0.1, -0.05) is 97.4 Å². The summed E-state index contributed by atoms with van der Waals surface area (Å²) in [6.07, 6.45) is 1.37. The van der Waals surface area contributed by atoms with Crippen LogP contribution in [-0.4, -0.2) is 180 Å². The fraction of sp³-hybridized carbons (Fsp3) is 0.446. The summed E-state index contributed by atoms with van der Waals surface area (Å²) in [5, 5.41) is 51.4. The molecule has 0 saturated heterocycles. The quantitative estimate of drug-likeness (QED) is 0.0119. The van der Waals surface area contributed by atoms with E-state index in [4.69, 9.17) is 19.4 Å². The zero-order valence-electron chi connectivity index (χ0n) is 78.4. The molecule has 6 atom stereocenters. The van der Waals surface area contributed by atoms with Gasteiger partial charge in [0.25, 0.3) is 11.1 Å². The largest absolute Gasteiger partial charge is 0.458 e. The Morgan fingerprint density at radius 3 is 1.21 bits per heavy atom. The summed E-state index contributed by atoms with van der Waals surface area (Å²) < 4.78 is 44.2. The Morgan fingerprint density at radius 1 is 0.450 bits per heavy atom. The summed E-state index contributed by atoms with van der Waals surface area (Å²) in [7, 11) is 0. The van der Waals surface area contributed by atoms with E-state index in [1.165, 1.54) is 21.3 Å². The lowest BCUT2D eigenvalue weighted by Gasteiger charge is -2.31. The first kappa shape index (κ1) is 104. The summed E-state index contributed by atoms with van der Waals surface area (Å²) in [5.41, 5.74) is 4.69. The van der Waals surface area contributed by atoms with Crippen LogP contribution < -0.4 is 64.3 Å². The molecular formula is C101H113BrF2N14O22. The van der Waals surface area contributed by atoms with Gasteiger partial charge in [-0.2, -0.15) is 0 Å². The van der Waals surface area contributed by atoms with Gasteiger partial charge in [0.2, 0.25) is 59.1 Å². The van der Waals surface area contributed by atoms with Gasteiger partial charge >= 0.3 is 11.9 Å². The Labute approximate surface area is 811 Å². The molecule has 0 unspecified atom stereocenters. The van der Waals surface area contributed by atoms with Crippen molar-refractivity contribution in [3.05, 3.63) is 195 Å². The number of ketones is 4. The van der Waals surface area contributed by atoms with Crippen LogP contribution in [0, 0.1) is 25.5 Å². The maximum absolute atomic E-state index is 15.4. The summed E-state index contributed by atoms with van der Waals surface area (Å²) in [4.78, 5) is 240. The number of carbonyl (C=O) groups excluding carboxylic acids is 16. The lowest BCUT2D eigenvalue weighted by molar-refractivity contribution is -0.172. The number of hydrogen-bond donors (Lipinski definition) is 12. The van der Waals surface area contributed by atoms with Gasteiger partial charge in [-0.25, -0.2) is 28.3 Å². The Kier molecular flexibility index (Phi) is 34.2. The average Bonchev–Trinajstić information content (AvgIpc) is 1.54. The smallest absolute Gasteiger partial charge is 0.343 e. The summed E-state index contributed by atoms with van der Waals surface area (Å²) >= 11 is 3.01. The number of Topliss-reactive ketones (excluding diaryl/α,β-unsaturated/α-hetero) is 4. The number of aryl methyl sites for hydroxylation is 2. The number of benzene rings is 4. The van der Waals surface area contributed by atoms with Crippen LogP contribution in [0.2, 0.25) is 0 Å². The zero-order chi connectivity index (χ0) is 101. The van der Waals surface area contributed by atoms with Crippen molar-refractivity contribution in [3.63, 3.8) is 0 Å². The second-order valence-corrected chi connectivity index (χ2v) is 36.3. The standard InChI is InChI=1S/C51H58FN7O11.C50H55BrFN7O11/c1-4-41(62)54-21-19-43(64)55-25-30(60)13-17-45(66)57-37(22-29-10-7-6-8-11-29)40(61)16-18-42(63)53-20-9-12-44(65)56-36-15-14-31-28(3)35(52)24-38-46(31)47(36)32-26-59-39(48(32)58-38)23-34-33(49(59)67)27-70-50(68)51(34,69)5-2;1-3-50(69)33-21-38-47-31(25-59(38)48(67)32(33)26-70-49(50)68)46-35(13-12-30-27(2)34(52)22-37(58-47)45(30)46)56-42(64)10-7-18-53-40(62)16-14-39(61)36(20-28-8-5-4-6-9-28)57-43(65)15-11-29(60)24-55-41(63)17-19-54-44(66)23-51/h6-8,10-11,23-24,36-37,69H,4-5,9,12-22,25-27H2,1-3H3,(H,53,63)(H,54,62)(H,55,64)(H,56,65)(H,57,66);4-6,8-9,21-22,35-36,69H,3,7,10-20,23-26H2,1-2H3,(H,53,62)(H,54,66)(H,55,63)(H,56,64)(H,57,65)/t36-,37-,51-;35-,36-,50-/m00/s1. The highest BCUT2D eigenvalue weighted by Gasteiger charge is 2.49. The molecule has 8 heterocycles. The van der Waals surface area contributed by atoms with Gasteiger partial charge in [-0.15, -0.1) is 0 Å². The molecule has 0 spiro atoms. The molecule has 4 aromatic carbocycles. The van der Waals surface area contributed by atoms with Crippen LogP contribution in [0.1, 0.15) is 233 Å². The predicted molar refractivity (Wildman–Crippen MR) is 508 cm³/mol. The minimum atomic E-state index is -2.03. The molecular weight excluding hydrogens is 1880 g/mol. The topological polar surface area (TPSA) is 522 Å². The maximum atomic E-state index is 15.4. The normalized spacial score (nSPS) is 16.8. The van der Waals surface area contributed by atoms with Crippen LogP contribution in [0.4, 0.5) is 8.78 Å². The van der Waals surface area contributed by atoms with E-state index in [0.29, 0.717) is 92.5 Å². The van der Waals surface area contributed by atoms with Crippen molar-refractivity contribution in [1.29, 1.82) is 0 Å². The number of amides is 10. The molecule has 740 valence electrons. The van der Waals surface area contributed by atoms with Crippen molar-refractivity contribution >= 4 is 132 Å². The van der Waals surface area contributed by atoms with Gasteiger partial charge in [0.15, 0.2) is 34.3 Å². The number of fused-ring (bicyclic) bond motifs is 10. The van der Waals surface area contributed by atoms with Crippen molar-refractivity contribution in [2.45, 2.75) is 244 Å². The number of hydrogen-bond acceptors (Lipinski definition) is 24. The van der Waals surface area contributed by atoms with Gasteiger partial charge in [-0.3, -0.25) is 76.7 Å². The molecule has 36 nitrogen and oxygen atoms in total. The Hall–Kier alpha value is -13.8. The highest BCUT2D eigenvalue weighted by Crippen LogP contribution is 2.49. The van der Waals surface area contributed by atoms with Crippen molar-refractivity contribution in [2.75, 3.05) is 44.6 Å². The van der Waals surface area contributed by atoms with Crippen LogP contribution >= 0.6 is 15.9 Å². The third-order valence-corrected chi connectivity index (χ3v) is 27.0. The van der Waals surface area contributed by atoms with Crippen molar-refractivity contribution < 1.29 is 105 Å². The first-order chi connectivity index (χ1) is 67.0. The first-order valence-electron chi connectivity index (χ1n) is 47.2. The second kappa shape index (κ2) is 46.3. The number of carbonyl (C=O) groups is 16. The maximum Gasteiger partial charge on any atom is 0.343 e. The molecule has 0 radical (unpaired) electrons. The van der Waals surface area contributed by atoms with E-state index in [-0.39, 0.29) is 256 Å². The number of alkyl halides is 1. The highest BCUT2D eigenvalue weighted by atomic mass is 79.9. The number of aromatic nitrogens is 4. The molecule has 2 aliphatic carbocycles. The number of halogens is 3. The van der Waals surface area contributed by atoms with E-state index in [9.17, 15) is 96.5 Å². The van der Waals surface area contributed by atoms with Crippen LogP contribution in [0.15, 0.2) is 94.5 Å². The number of rotatable bonds is 44. The molecule has 0 bridgehead atoms. The van der Waals surface area contributed by atoms with E-state index in [1.54, 1.807) is 95.3 Å². The van der Waals surface area contributed by atoms with Crippen LogP contribution in [-0.2, 0) is 149 Å². The predicted octanol–water partition coefficient (Wildman–Crippen LogP) is 5.96. The van der Waals surface area contributed by atoms with Crippen molar-refractivity contribution in [2.24, 2.45) is 0 Å². The fourth-order valence-corrected chi connectivity index (χ4v) is 18.9. The van der Waals surface area contributed by atoms with Gasteiger partial charge < -0.3 is 82.0 Å². The summed E-state index contributed by atoms with van der Waals surface area (Å²) in [6, 6.07) is 20.9. The number of esters is 2. The number of aliphatic hydroxyl groups is 2. The third kappa shape index (κ3) is 24.0. The lowest BCUT2D eigenvalue weighted by atomic mass is 9.81. The van der Waals surface area contributed by atoms with Crippen molar-refractivity contribution in [1.82, 2.24) is 72.3 Å². The number of pyridine rings is 4. The molecule has 10 amide bonds. The SMILES string of the molecule is CCC(=O)NCCC(=O)NCC(=O)CCC(=O)N[C@@H](Cc1ccccc1)C(=O)CCC(=O)NCCCC(=O)N[C@H]1CCc2c(C)c(F)cc3nc4c(c1c23)Cn1c-4cc2c(c1=O)COC(=O)[C@]2(O)CC.CC[C@@]1(O)C(=O)OCc2c1cc1n(c2=O)Cc2c-1nc1cc(F)c(C)c3c1c2[C@@H](NC(=O)CCCNC(=O)CCC(=O)[C@H](Cc1ccccc1)NC(=O)CCC(=O)CNC(=O)CCNC(=O)CBr)CC3. The molecule has 14 rings (SSSR count). The molecule has 0 saturated carbocycles. The first-order valence-corrected chi connectivity index (χ1v) is 48.3. The van der Waals surface area contributed by atoms with Crippen LogP contribution in [0.3, 0.4) is 0 Å². The van der Waals surface area contributed by atoms with Crippen molar-refractivity contribution in [3.8, 4) is 22.8 Å². The van der Waals surface area contributed by atoms with E-state index < -0.39 is 111 Å². The Balaban J connectivity index is 0.000000236. The molecule has 4 aromatic heterocycles.